The number of hydrogen-bond donors (Lipinski definition) is 1. The van der Waals surface area contributed by atoms with Crippen molar-refractivity contribution in [2.45, 2.75) is 32.4 Å². The Morgan fingerprint density at radius 1 is 1.37 bits per heavy atom. The van der Waals surface area contributed by atoms with Gasteiger partial charge >= 0.3 is 6.09 Å². The van der Waals surface area contributed by atoms with Crippen LogP contribution < -0.4 is 0 Å². The Bertz CT molecular complexity index is 407. The summed E-state index contributed by atoms with van der Waals surface area (Å²) >= 11 is 0. The minimum absolute atomic E-state index is 0.00710. The standard InChI is InChI=1S/C15H21NO3/c1-12-7-8-14(10-17)16(9-12)15(18)19-11-13-5-3-2-4-6-13/h2-6,12,14,17H,7-11H2,1H3/t12-,14-/m1/s1. The fraction of sp³-hybridized carbons (Fsp3) is 0.533. The van der Waals surface area contributed by atoms with E-state index < -0.39 is 0 Å². The number of piperidine rings is 1. The average molecular weight is 263 g/mol. The van der Waals surface area contributed by atoms with E-state index >= 15 is 0 Å². The molecule has 1 heterocycles. The van der Waals surface area contributed by atoms with Crippen molar-refractivity contribution in [1.29, 1.82) is 0 Å². The first-order chi connectivity index (χ1) is 9.20. The molecule has 0 saturated carbocycles. The molecule has 1 aliphatic heterocycles. The van der Waals surface area contributed by atoms with E-state index in [4.69, 9.17) is 4.74 Å². The molecule has 1 aliphatic rings. The van der Waals surface area contributed by atoms with Gasteiger partial charge in [0.1, 0.15) is 6.61 Å². The highest BCUT2D eigenvalue weighted by Gasteiger charge is 2.30. The number of likely N-dealkylation sites (tertiary alicyclic amines) is 1. The molecule has 0 bridgehead atoms. The summed E-state index contributed by atoms with van der Waals surface area (Å²) in [6.07, 6.45) is 1.57. The second-order valence-electron chi connectivity index (χ2n) is 5.21. The van der Waals surface area contributed by atoms with Crippen LogP contribution in [-0.2, 0) is 11.3 Å². The van der Waals surface area contributed by atoms with Gasteiger partial charge < -0.3 is 14.7 Å². The van der Waals surface area contributed by atoms with Gasteiger partial charge in [0.25, 0.3) is 0 Å². The monoisotopic (exact) mass is 263 g/mol. The molecule has 1 saturated heterocycles. The van der Waals surface area contributed by atoms with Crippen LogP contribution in [0.3, 0.4) is 0 Å². The number of ether oxygens (including phenoxy) is 1. The van der Waals surface area contributed by atoms with Crippen LogP contribution in [0.1, 0.15) is 25.3 Å². The van der Waals surface area contributed by atoms with E-state index in [-0.39, 0.29) is 25.3 Å². The summed E-state index contributed by atoms with van der Waals surface area (Å²) in [5, 5.41) is 9.33. The van der Waals surface area contributed by atoms with E-state index in [0.29, 0.717) is 12.5 Å². The average Bonchev–Trinajstić information content (AvgIpc) is 2.46. The molecule has 104 valence electrons. The number of amides is 1. The van der Waals surface area contributed by atoms with Crippen molar-refractivity contribution < 1.29 is 14.6 Å². The number of hydrogen-bond acceptors (Lipinski definition) is 3. The van der Waals surface area contributed by atoms with Crippen LogP contribution in [-0.4, -0.2) is 35.3 Å². The van der Waals surface area contributed by atoms with Gasteiger partial charge in [-0.1, -0.05) is 37.3 Å². The Kier molecular flexibility index (Phi) is 4.80. The third-order valence-corrected chi connectivity index (χ3v) is 3.59. The lowest BCUT2D eigenvalue weighted by atomic mass is 9.95. The molecule has 4 heteroatoms. The van der Waals surface area contributed by atoms with Crippen molar-refractivity contribution in [3.63, 3.8) is 0 Å². The molecule has 1 amide bonds. The number of carbonyl (C=O) groups excluding carboxylic acids is 1. The molecule has 0 unspecified atom stereocenters. The number of benzene rings is 1. The lowest BCUT2D eigenvalue weighted by molar-refractivity contribution is 0.0381. The Morgan fingerprint density at radius 3 is 2.79 bits per heavy atom. The minimum Gasteiger partial charge on any atom is -0.445 e. The van der Waals surface area contributed by atoms with Gasteiger partial charge in [0.2, 0.25) is 0 Å². The van der Waals surface area contributed by atoms with Gasteiger partial charge in [-0.15, -0.1) is 0 Å². The molecule has 1 aromatic rings. The maximum atomic E-state index is 12.1. The van der Waals surface area contributed by atoms with Crippen LogP contribution in [0.2, 0.25) is 0 Å². The normalized spacial score (nSPS) is 23.2. The van der Waals surface area contributed by atoms with Gasteiger partial charge in [-0.3, -0.25) is 0 Å². The van der Waals surface area contributed by atoms with E-state index in [1.165, 1.54) is 0 Å². The zero-order valence-corrected chi connectivity index (χ0v) is 11.3. The van der Waals surface area contributed by atoms with Gasteiger partial charge in [-0.2, -0.15) is 0 Å². The first-order valence-corrected chi connectivity index (χ1v) is 6.79. The van der Waals surface area contributed by atoms with Crippen molar-refractivity contribution >= 4 is 6.09 Å². The molecular formula is C15H21NO3. The van der Waals surface area contributed by atoms with Gasteiger partial charge in [0, 0.05) is 6.54 Å². The van der Waals surface area contributed by atoms with E-state index in [1.807, 2.05) is 30.3 Å². The van der Waals surface area contributed by atoms with Crippen LogP contribution in [0.15, 0.2) is 30.3 Å². The third kappa shape index (κ3) is 3.70. The van der Waals surface area contributed by atoms with Crippen LogP contribution in [0.5, 0.6) is 0 Å². The number of rotatable bonds is 3. The first-order valence-electron chi connectivity index (χ1n) is 6.79. The van der Waals surface area contributed by atoms with E-state index in [1.54, 1.807) is 4.90 Å². The molecule has 1 aromatic carbocycles. The highest BCUT2D eigenvalue weighted by molar-refractivity contribution is 5.68. The Balaban J connectivity index is 1.90. The predicted octanol–water partition coefficient (Wildman–Crippen LogP) is 2.42. The Hall–Kier alpha value is -1.55. The highest BCUT2D eigenvalue weighted by atomic mass is 16.6. The summed E-state index contributed by atoms with van der Waals surface area (Å²) in [4.78, 5) is 13.7. The third-order valence-electron chi connectivity index (χ3n) is 3.59. The summed E-state index contributed by atoms with van der Waals surface area (Å²) in [6, 6.07) is 9.52. The zero-order valence-electron chi connectivity index (χ0n) is 11.3. The van der Waals surface area contributed by atoms with Crippen LogP contribution >= 0.6 is 0 Å². The summed E-state index contributed by atoms with van der Waals surface area (Å²) < 4.78 is 5.32. The molecule has 0 aliphatic carbocycles. The van der Waals surface area contributed by atoms with Crippen LogP contribution in [0.25, 0.3) is 0 Å². The van der Waals surface area contributed by atoms with Crippen LogP contribution in [0, 0.1) is 5.92 Å². The Labute approximate surface area is 114 Å². The smallest absolute Gasteiger partial charge is 0.410 e. The SMILES string of the molecule is C[C@@H]1CC[C@H](CO)N(C(=O)OCc2ccccc2)C1. The van der Waals surface area contributed by atoms with Gasteiger partial charge in [0.15, 0.2) is 0 Å². The lowest BCUT2D eigenvalue weighted by Crippen LogP contribution is -2.48. The quantitative estimate of drug-likeness (QED) is 0.911. The maximum Gasteiger partial charge on any atom is 0.410 e. The highest BCUT2D eigenvalue weighted by Crippen LogP contribution is 2.22. The number of aliphatic hydroxyl groups is 1. The molecule has 4 nitrogen and oxygen atoms in total. The van der Waals surface area contributed by atoms with Gasteiger partial charge in [-0.05, 0) is 24.3 Å². The van der Waals surface area contributed by atoms with Crippen molar-refractivity contribution in [3.05, 3.63) is 35.9 Å². The topological polar surface area (TPSA) is 49.8 Å². The van der Waals surface area contributed by atoms with Crippen molar-refractivity contribution in [1.82, 2.24) is 4.90 Å². The van der Waals surface area contributed by atoms with E-state index in [2.05, 4.69) is 6.92 Å². The molecule has 2 atom stereocenters. The predicted molar refractivity (Wildman–Crippen MR) is 72.6 cm³/mol. The fourth-order valence-corrected chi connectivity index (χ4v) is 2.42. The van der Waals surface area contributed by atoms with Crippen molar-refractivity contribution in [2.24, 2.45) is 5.92 Å². The minimum atomic E-state index is -0.325. The second kappa shape index (κ2) is 6.57. The van der Waals surface area contributed by atoms with Crippen LogP contribution in [0.4, 0.5) is 4.79 Å². The number of aliphatic hydroxyl groups excluding tert-OH is 1. The molecule has 2 rings (SSSR count). The summed E-state index contributed by atoms with van der Waals surface area (Å²) in [5.41, 5.74) is 0.974. The van der Waals surface area contributed by atoms with Gasteiger partial charge in [0.05, 0.1) is 12.6 Å². The summed E-state index contributed by atoms with van der Waals surface area (Å²) in [7, 11) is 0. The fourth-order valence-electron chi connectivity index (χ4n) is 2.42. The molecule has 0 radical (unpaired) electrons. The van der Waals surface area contributed by atoms with Crippen molar-refractivity contribution in [2.75, 3.05) is 13.2 Å². The summed E-state index contributed by atoms with van der Waals surface area (Å²) in [5.74, 6) is 0.465. The Morgan fingerprint density at radius 2 is 2.11 bits per heavy atom. The molecule has 19 heavy (non-hydrogen) atoms. The largest absolute Gasteiger partial charge is 0.445 e. The molecule has 0 aromatic heterocycles. The van der Waals surface area contributed by atoms with E-state index in [9.17, 15) is 9.90 Å². The zero-order chi connectivity index (χ0) is 13.7. The summed E-state index contributed by atoms with van der Waals surface area (Å²) in [6.45, 7) is 3.07. The molecule has 0 spiro atoms. The molecule has 1 fully saturated rings. The molecule has 1 N–H and O–H groups in total. The lowest BCUT2D eigenvalue weighted by Gasteiger charge is -2.36. The van der Waals surface area contributed by atoms with Gasteiger partial charge in [-0.25, -0.2) is 4.79 Å². The van der Waals surface area contributed by atoms with Crippen molar-refractivity contribution in [3.8, 4) is 0 Å². The first kappa shape index (κ1) is 13.9. The number of nitrogens with zero attached hydrogens (tertiary/aromatic N) is 1. The van der Waals surface area contributed by atoms with E-state index in [0.717, 1.165) is 18.4 Å². The second-order valence-corrected chi connectivity index (χ2v) is 5.21. The maximum absolute atomic E-state index is 12.1. The number of carbonyl (C=O) groups is 1. The molecular weight excluding hydrogens is 242 g/mol.